The molecule has 0 bridgehead atoms. The first-order chi connectivity index (χ1) is 13.6. The van der Waals surface area contributed by atoms with Gasteiger partial charge in [0, 0.05) is 50.6 Å². The molecule has 0 aliphatic carbocycles. The van der Waals surface area contributed by atoms with Gasteiger partial charge in [-0.1, -0.05) is 25.0 Å². The lowest BCUT2D eigenvalue weighted by atomic mass is 10.0. The van der Waals surface area contributed by atoms with Gasteiger partial charge in [-0.2, -0.15) is 0 Å². The van der Waals surface area contributed by atoms with Crippen LogP contribution in [0, 0.1) is 0 Å². The topological polar surface area (TPSA) is 45.6 Å². The summed E-state index contributed by atoms with van der Waals surface area (Å²) in [4.78, 5) is 29.1. The van der Waals surface area contributed by atoms with E-state index in [1.54, 1.807) is 0 Å². The van der Waals surface area contributed by atoms with E-state index in [0.717, 1.165) is 49.9 Å². The third-order valence-electron chi connectivity index (χ3n) is 6.08. The van der Waals surface area contributed by atoms with Gasteiger partial charge in [0.25, 0.3) is 5.91 Å². The first-order valence-electron chi connectivity index (χ1n) is 10.4. The Morgan fingerprint density at radius 2 is 1.86 bits per heavy atom. The molecule has 2 amide bonds. The summed E-state index contributed by atoms with van der Waals surface area (Å²) >= 11 is 0. The fraction of sp³-hybridized carbons (Fsp3) is 0.478. The van der Waals surface area contributed by atoms with E-state index in [4.69, 9.17) is 0 Å². The highest BCUT2D eigenvalue weighted by Crippen LogP contribution is 2.31. The Hall–Kier alpha value is -2.56. The normalized spacial score (nSPS) is 20.5. The zero-order valence-corrected chi connectivity index (χ0v) is 16.6. The van der Waals surface area contributed by atoms with E-state index in [9.17, 15) is 9.59 Å². The first kappa shape index (κ1) is 18.8. The maximum atomic E-state index is 13.3. The van der Waals surface area contributed by atoms with E-state index in [2.05, 4.69) is 34.8 Å². The molecule has 0 saturated carbocycles. The Labute approximate surface area is 166 Å². The minimum Gasteiger partial charge on any atom is -0.353 e. The third-order valence-corrected chi connectivity index (χ3v) is 6.08. The van der Waals surface area contributed by atoms with Gasteiger partial charge >= 0.3 is 0 Å². The number of nitrogens with zero attached hydrogens (tertiary/aromatic N) is 3. The molecule has 3 heterocycles. The van der Waals surface area contributed by atoms with Crippen LogP contribution in [-0.4, -0.2) is 39.3 Å². The lowest BCUT2D eigenvalue weighted by molar-refractivity contribution is -0.128. The van der Waals surface area contributed by atoms with Crippen LogP contribution in [0.1, 0.15) is 66.2 Å². The molecule has 2 aliphatic rings. The Balaban J connectivity index is 1.51. The second-order valence-electron chi connectivity index (χ2n) is 8.02. The highest BCUT2D eigenvalue weighted by molar-refractivity contribution is 5.94. The minimum atomic E-state index is 0.108. The molecule has 2 aromatic rings. The zero-order chi connectivity index (χ0) is 19.5. The van der Waals surface area contributed by atoms with Gasteiger partial charge in [0.15, 0.2) is 0 Å². The molecule has 5 heteroatoms. The molecule has 2 aliphatic heterocycles. The van der Waals surface area contributed by atoms with Crippen molar-refractivity contribution in [3.8, 4) is 0 Å². The number of carbonyl (C=O) groups excluding carboxylic acids is 2. The van der Waals surface area contributed by atoms with Crippen LogP contribution < -0.4 is 0 Å². The number of aryl methyl sites for hydroxylation is 1. The van der Waals surface area contributed by atoms with Crippen molar-refractivity contribution in [3.05, 3.63) is 59.4 Å². The molecule has 0 N–H and O–H groups in total. The number of benzene rings is 1. The van der Waals surface area contributed by atoms with Crippen LogP contribution >= 0.6 is 0 Å². The van der Waals surface area contributed by atoms with Crippen molar-refractivity contribution in [1.29, 1.82) is 0 Å². The van der Waals surface area contributed by atoms with Crippen molar-refractivity contribution in [2.75, 3.05) is 13.1 Å². The lowest BCUT2D eigenvalue weighted by Gasteiger charge is -2.31. The van der Waals surface area contributed by atoms with Crippen molar-refractivity contribution in [1.82, 2.24) is 14.4 Å². The summed E-state index contributed by atoms with van der Waals surface area (Å²) in [5.41, 5.74) is 3.03. The van der Waals surface area contributed by atoms with Crippen LogP contribution in [0.4, 0.5) is 0 Å². The molecule has 5 nitrogen and oxygen atoms in total. The van der Waals surface area contributed by atoms with E-state index >= 15 is 0 Å². The average Bonchev–Trinajstić information content (AvgIpc) is 3.22. The summed E-state index contributed by atoms with van der Waals surface area (Å²) in [6.45, 7) is 2.29. The summed E-state index contributed by atoms with van der Waals surface area (Å²) < 4.78 is 2.13. The number of amides is 2. The van der Waals surface area contributed by atoms with Gasteiger partial charge < -0.3 is 14.4 Å². The molecule has 4 rings (SSSR count). The van der Waals surface area contributed by atoms with Crippen LogP contribution in [-0.2, 0) is 18.4 Å². The Bertz CT molecular complexity index is 840. The van der Waals surface area contributed by atoms with Gasteiger partial charge in [-0.3, -0.25) is 9.59 Å². The van der Waals surface area contributed by atoms with Gasteiger partial charge in [-0.25, -0.2) is 0 Å². The van der Waals surface area contributed by atoms with E-state index in [1.807, 2.05) is 29.2 Å². The Kier molecular flexibility index (Phi) is 5.51. The summed E-state index contributed by atoms with van der Waals surface area (Å²) in [5.74, 6) is 0.340. The molecular weight excluding hydrogens is 350 g/mol. The van der Waals surface area contributed by atoms with Crippen LogP contribution in [0.3, 0.4) is 0 Å². The second kappa shape index (κ2) is 8.21. The fourth-order valence-electron chi connectivity index (χ4n) is 4.49. The largest absolute Gasteiger partial charge is 0.353 e. The zero-order valence-electron chi connectivity index (χ0n) is 16.6. The third kappa shape index (κ3) is 3.84. The number of likely N-dealkylation sites (tertiary alicyclic amines) is 2. The highest BCUT2D eigenvalue weighted by atomic mass is 16.2. The molecule has 1 aromatic heterocycles. The van der Waals surface area contributed by atoms with Crippen LogP contribution in [0.2, 0.25) is 0 Å². The minimum absolute atomic E-state index is 0.108. The Morgan fingerprint density at radius 1 is 1.04 bits per heavy atom. The smallest absolute Gasteiger partial charge is 0.254 e. The van der Waals surface area contributed by atoms with Crippen LogP contribution in [0.25, 0.3) is 0 Å². The summed E-state index contributed by atoms with van der Waals surface area (Å²) in [7, 11) is 2.05. The molecular formula is C23H29N3O2. The van der Waals surface area contributed by atoms with Gasteiger partial charge in [0.1, 0.15) is 0 Å². The molecule has 1 unspecified atom stereocenters. The van der Waals surface area contributed by atoms with E-state index in [1.165, 1.54) is 12.1 Å². The molecule has 2 fully saturated rings. The van der Waals surface area contributed by atoms with E-state index < -0.39 is 0 Å². The van der Waals surface area contributed by atoms with Crippen molar-refractivity contribution in [2.24, 2.45) is 7.05 Å². The summed E-state index contributed by atoms with van der Waals surface area (Å²) in [6.07, 6.45) is 8.06. The SMILES string of the molecule is Cn1cccc1C1CCCCCN1C(=O)c1ccc(CN2CCCC2=O)cc1. The molecule has 0 radical (unpaired) electrons. The second-order valence-corrected chi connectivity index (χ2v) is 8.02. The average molecular weight is 380 g/mol. The van der Waals surface area contributed by atoms with Crippen molar-refractivity contribution in [2.45, 2.75) is 51.1 Å². The molecule has 0 spiro atoms. The first-order valence-corrected chi connectivity index (χ1v) is 10.4. The fourth-order valence-corrected chi connectivity index (χ4v) is 4.49. The van der Waals surface area contributed by atoms with Crippen molar-refractivity contribution < 1.29 is 9.59 Å². The van der Waals surface area contributed by atoms with Gasteiger partial charge in [0.05, 0.1) is 6.04 Å². The standard InChI is InChI=1S/C23H29N3O2/c1-24-14-5-8-20(24)21-7-3-2-4-16-26(21)23(28)19-12-10-18(11-13-19)17-25-15-6-9-22(25)27/h5,8,10-14,21H,2-4,6-7,9,15-17H2,1H3. The van der Waals surface area contributed by atoms with Crippen molar-refractivity contribution >= 4 is 11.8 Å². The predicted octanol–water partition coefficient (Wildman–Crippen LogP) is 3.91. The summed E-state index contributed by atoms with van der Waals surface area (Å²) in [5, 5.41) is 0. The van der Waals surface area contributed by atoms with Crippen LogP contribution in [0.15, 0.2) is 42.6 Å². The van der Waals surface area contributed by atoms with E-state index in [0.29, 0.717) is 13.0 Å². The molecule has 1 atom stereocenters. The Morgan fingerprint density at radius 3 is 2.54 bits per heavy atom. The number of rotatable bonds is 4. The summed E-state index contributed by atoms with van der Waals surface area (Å²) in [6, 6.07) is 12.2. The molecule has 28 heavy (non-hydrogen) atoms. The maximum Gasteiger partial charge on any atom is 0.254 e. The number of aromatic nitrogens is 1. The quantitative estimate of drug-likeness (QED) is 0.809. The predicted molar refractivity (Wildman–Crippen MR) is 109 cm³/mol. The molecule has 148 valence electrons. The van der Waals surface area contributed by atoms with E-state index in [-0.39, 0.29) is 17.9 Å². The lowest BCUT2D eigenvalue weighted by Crippen LogP contribution is -2.35. The number of hydrogen-bond donors (Lipinski definition) is 0. The van der Waals surface area contributed by atoms with Gasteiger partial charge in [-0.05, 0) is 49.1 Å². The van der Waals surface area contributed by atoms with Crippen molar-refractivity contribution in [3.63, 3.8) is 0 Å². The molecule has 2 saturated heterocycles. The maximum absolute atomic E-state index is 13.3. The van der Waals surface area contributed by atoms with Gasteiger partial charge in [-0.15, -0.1) is 0 Å². The monoisotopic (exact) mass is 379 g/mol. The highest BCUT2D eigenvalue weighted by Gasteiger charge is 2.29. The number of carbonyl (C=O) groups is 2. The van der Waals surface area contributed by atoms with Gasteiger partial charge in [0.2, 0.25) is 5.91 Å². The van der Waals surface area contributed by atoms with Crippen LogP contribution in [0.5, 0.6) is 0 Å². The molecule has 1 aromatic carbocycles. The number of hydrogen-bond acceptors (Lipinski definition) is 2.